The Balaban J connectivity index is 1.95. The van der Waals surface area contributed by atoms with Crippen LogP contribution in [0, 0.1) is 25.2 Å². The summed E-state index contributed by atoms with van der Waals surface area (Å²) in [7, 11) is 0. The summed E-state index contributed by atoms with van der Waals surface area (Å²) in [4.78, 5) is 0. The van der Waals surface area contributed by atoms with E-state index in [-0.39, 0.29) is 0 Å². The first-order valence-corrected chi connectivity index (χ1v) is 7.02. The Hall–Kier alpha value is -1.91. The molecule has 0 amide bonds. The maximum absolute atomic E-state index is 6.02. The molecule has 2 N–H and O–H groups in total. The number of hydrogen-bond acceptors (Lipinski definition) is 4. The quantitative estimate of drug-likeness (QED) is 0.871. The lowest BCUT2D eigenvalue weighted by Crippen LogP contribution is -2.08. The van der Waals surface area contributed by atoms with Gasteiger partial charge in [0.25, 0.3) is 0 Å². The van der Waals surface area contributed by atoms with Crippen LogP contribution >= 0.6 is 0 Å². The van der Waals surface area contributed by atoms with Gasteiger partial charge in [-0.25, -0.2) is 4.68 Å². The molecule has 1 fully saturated rings. The van der Waals surface area contributed by atoms with E-state index in [1.165, 1.54) is 6.42 Å². The molecule has 106 valence electrons. The number of tetrazole rings is 1. The van der Waals surface area contributed by atoms with Crippen molar-refractivity contribution in [2.75, 3.05) is 5.73 Å². The summed E-state index contributed by atoms with van der Waals surface area (Å²) in [5.74, 6) is 1.48. The molecule has 1 atom stereocenters. The molecule has 0 aliphatic heterocycles. The second-order valence-electron chi connectivity index (χ2n) is 6.60. The number of benzene rings is 1. The molecule has 5 nitrogen and oxygen atoms in total. The molecule has 0 bridgehead atoms. The largest absolute Gasteiger partial charge is 0.398 e. The van der Waals surface area contributed by atoms with Gasteiger partial charge in [0.2, 0.25) is 0 Å². The van der Waals surface area contributed by atoms with Crippen LogP contribution in [-0.4, -0.2) is 20.2 Å². The highest BCUT2D eigenvalue weighted by atomic mass is 15.5. The zero-order chi connectivity index (χ0) is 14.5. The average molecular weight is 271 g/mol. The summed E-state index contributed by atoms with van der Waals surface area (Å²) in [5.41, 5.74) is 10.5. The number of nitrogens with zero attached hydrogens (tertiary/aromatic N) is 4. The fourth-order valence-electron chi connectivity index (χ4n) is 2.73. The Kier molecular flexibility index (Phi) is 2.81. The van der Waals surface area contributed by atoms with Crippen molar-refractivity contribution in [2.24, 2.45) is 11.3 Å². The molecule has 0 spiro atoms. The van der Waals surface area contributed by atoms with Crippen LogP contribution < -0.4 is 5.73 Å². The third kappa shape index (κ3) is 2.17. The van der Waals surface area contributed by atoms with Gasteiger partial charge in [0, 0.05) is 17.8 Å². The first-order valence-electron chi connectivity index (χ1n) is 7.02. The molecule has 0 saturated heterocycles. The molecule has 1 aromatic heterocycles. The Morgan fingerprint density at radius 3 is 2.65 bits per heavy atom. The summed E-state index contributed by atoms with van der Waals surface area (Å²) in [5, 5.41) is 12.2. The predicted octanol–water partition coefficient (Wildman–Crippen LogP) is 2.59. The molecular weight excluding hydrogens is 250 g/mol. The van der Waals surface area contributed by atoms with Crippen molar-refractivity contribution in [1.29, 1.82) is 0 Å². The van der Waals surface area contributed by atoms with Gasteiger partial charge in [-0.2, -0.15) is 0 Å². The zero-order valence-electron chi connectivity index (χ0n) is 12.5. The van der Waals surface area contributed by atoms with Gasteiger partial charge < -0.3 is 5.73 Å². The fourth-order valence-corrected chi connectivity index (χ4v) is 2.73. The Labute approximate surface area is 119 Å². The minimum absolute atomic E-state index is 0.421. The van der Waals surface area contributed by atoms with E-state index in [0.717, 1.165) is 34.7 Å². The molecule has 5 heteroatoms. The lowest BCUT2D eigenvalue weighted by molar-refractivity contribution is 0.467. The average Bonchev–Trinajstić information content (AvgIpc) is 2.77. The van der Waals surface area contributed by atoms with Crippen LogP contribution in [0.4, 0.5) is 5.69 Å². The van der Waals surface area contributed by atoms with Crippen LogP contribution in [0.25, 0.3) is 11.4 Å². The van der Waals surface area contributed by atoms with Crippen molar-refractivity contribution < 1.29 is 0 Å². The van der Waals surface area contributed by atoms with Gasteiger partial charge in [0.1, 0.15) is 0 Å². The minimum atomic E-state index is 0.421. The third-order valence-electron chi connectivity index (χ3n) is 4.50. The molecule has 1 saturated carbocycles. The normalized spacial score (nSPS) is 20.1. The van der Waals surface area contributed by atoms with E-state index >= 15 is 0 Å². The Morgan fingerprint density at radius 2 is 2.00 bits per heavy atom. The van der Waals surface area contributed by atoms with E-state index < -0.39 is 0 Å². The first kappa shape index (κ1) is 13.1. The molecule has 20 heavy (non-hydrogen) atoms. The van der Waals surface area contributed by atoms with Crippen molar-refractivity contribution in [3.63, 3.8) is 0 Å². The zero-order valence-corrected chi connectivity index (χ0v) is 12.5. The van der Waals surface area contributed by atoms with Crippen molar-refractivity contribution in [1.82, 2.24) is 20.2 Å². The summed E-state index contributed by atoms with van der Waals surface area (Å²) in [6.07, 6.45) is 1.24. The molecule has 2 aromatic rings. The third-order valence-corrected chi connectivity index (χ3v) is 4.50. The van der Waals surface area contributed by atoms with E-state index in [9.17, 15) is 0 Å². The number of anilines is 1. The van der Waals surface area contributed by atoms with Gasteiger partial charge in [-0.1, -0.05) is 19.9 Å². The highest BCUT2D eigenvalue weighted by Gasteiger charge is 2.46. The molecule has 1 heterocycles. The maximum Gasteiger partial charge on any atom is 0.182 e. The van der Waals surface area contributed by atoms with Gasteiger partial charge in [-0.15, -0.1) is 5.10 Å². The van der Waals surface area contributed by atoms with Crippen molar-refractivity contribution in [2.45, 2.75) is 40.7 Å². The lowest BCUT2D eigenvalue weighted by atomic mass is 10.0. The van der Waals surface area contributed by atoms with Gasteiger partial charge in [-0.05, 0) is 59.2 Å². The van der Waals surface area contributed by atoms with Crippen LogP contribution in [0.3, 0.4) is 0 Å². The highest BCUT2D eigenvalue weighted by molar-refractivity contribution is 5.67. The van der Waals surface area contributed by atoms with Crippen molar-refractivity contribution in [3.8, 4) is 11.4 Å². The topological polar surface area (TPSA) is 69.6 Å². The second kappa shape index (κ2) is 4.30. The number of nitrogens with two attached hydrogens (primary N) is 1. The summed E-state index contributed by atoms with van der Waals surface area (Å²) < 4.78 is 1.91. The van der Waals surface area contributed by atoms with Crippen LogP contribution in [-0.2, 0) is 6.54 Å². The number of hydrogen-bond donors (Lipinski definition) is 1. The van der Waals surface area contributed by atoms with Gasteiger partial charge in [0.15, 0.2) is 5.82 Å². The van der Waals surface area contributed by atoms with E-state index in [1.54, 1.807) is 0 Å². The van der Waals surface area contributed by atoms with E-state index in [4.69, 9.17) is 5.73 Å². The molecule has 1 aromatic carbocycles. The maximum atomic E-state index is 6.02. The molecule has 1 aliphatic carbocycles. The monoisotopic (exact) mass is 271 g/mol. The van der Waals surface area contributed by atoms with E-state index in [2.05, 4.69) is 42.4 Å². The summed E-state index contributed by atoms with van der Waals surface area (Å²) in [6, 6.07) is 4.07. The fraction of sp³-hybridized carbons (Fsp3) is 0.533. The Bertz CT molecular complexity index is 656. The standard InChI is InChI=1S/C15H21N5/c1-9-5-10(2)13(16)6-12(9)14-17-18-19-20(14)8-11-7-15(11,3)4/h5-6,11H,7-8,16H2,1-4H3. The van der Waals surface area contributed by atoms with Gasteiger partial charge in [-0.3, -0.25) is 0 Å². The molecular formula is C15H21N5. The number of rotatable bonds is 3. The van der Waals surface area contributed by atoms with Crippen LogP contribution in [0.1, 0.15) is 31.4 Å². The van der Waals surface area contributed by atoms with Crippen LogP contribution in [0.5, 0.6) is 0 Å². The number of nitrogen functional groups attached to an aromatic ring is 1. The molecule has 0 radical (unpaired) electrons. The summed E-state index contributed by atoms with van der Waals surface area (Å²) in [6.45, 7) is 9.54. The van der Waals surface area contributed by atoms with Crippen molar-refractivity contribution in [3.05, 3.63) is 23.3 Å². The highest BCUT2D eigenvalue weighted by Crippen LogP contribution is 2.52. The molecule has 1 aliphatic rings. The van der Waals surface area contributed by atoms with Gasteiger partial charge in [0.05, 0.1) is 0 Å². The molecule has 3 rings (SSSR count). The summed E-state index contributed by atoms with van der Waals surface area (Å²) >= 11 is 0. The Morgan fingerprint density at radius 1 is 1.30 bits per heavy atom. The lowest BCUT2D eigenvalue weighted by Gasteiger charge is -2.10. The van der Waals surface area contributed by atoms with E-state index in [1.807, 2.05) is 17.7 Å². The van der Waals surface area contributed by atoms with Crippen LogP contribution in [0.2, 0.25) is 0 Å². The van der Waals surface area contributed by atoms with E-state index in [0.29, 0.717) is 11.3 Å². The minimum Gasteiger partial charge on any atom is -0.398 e. The van der Waals surface area contributed by atoms with Crippen LogP contribution in [0.15, 0.2) is 12.1 Å². The smallest absolute Gasteiger partial charge is 0.182 e. The number of aromatic nitrogens is 4. The second-order valence-corrected chi connectivity index (χ2v) is 6.60. The SMILES string of the molecule is Cc1cc(C)c(-c2nnnn2CC2CC2(C)C)cc1N. The number of aryl methyl sites for hydroxylation is 2. The first-order chi connectivity index (χ1) is 9.38. The van der Waals surface area contributed by atoms with Gasteiger partial charge >= 0.3 is 0 Å². The van der Waals surface area contributed by atoms with Crippen molar-refractivity contribution >= 4 is 5.69 Å². The molecule has 1 unspecified atom stereocenters. The predicted molar refractivity (Wildman–Crippen MR) is 79.0 cm³/mol.